The number of carbonyl (C=O) groups is 2. The fourth-order valence-corrected chi connectivity index (χ4v) is 5.84. The quantitative estimate of drug-likeness (QED) is 0.0406. The van der Waals surface area contributed by atoms with Crippen LogP contribution in [0.5, 0.6) is 17.2 Å². The molecule has 0 unspecified atom stereocenters. The smallest absolute Gasteiger partial charge is 0.339 e. The normalized spacial score (nSPS) is 11.4. The number of esters is 2. The highest BCUT2D eigenvalue weighted by molar-refractivity contribution is 6.16. The van der Waals surface area contributed by atoms with E-state index in [1.54, 1.807) is 39.5 Å². The first-order valence-electron chi connectivity index (χ1n) is 16.9. The van der Waals surface area contributed by atoms with Gasteiger partial charge in [0.05, 0.1) is 40.1 Å². The van der Waals surface area contributed by atoms with E-state index < -0.39 is 0 Å². The first-order chi connectivity index (χ1) is 23.4. The molecule has 8 heteroatoms. The zero-order valence-corrected chi connectivity index (χ0v) is 28.8. The zero-order chi connectivity index (χ0) is 34.1. The van der Waals surface area contributed by atoms with E-state index in [1.165, 1.54) is 6.08 Å². The van der Waals surface area contributed by atoms with Crippen molar-refractivity contribution in [2.75, 3.05) is 54.7 Å². The number of rotatable bonds is 20. The molecule has 0 aliphatic rings. The second-order valence-electron chi connectivity index (χ2n) is 11.9. The highest BCUT2D eigenvalue weighted by Crippen LogP contribution is 2.38. The van der Waals surface area contributed by atoms with Crippen LogP contribution in [0, 0.1) is 0 Å². The van der Waals surface area contributed by atoms with Crippen molar-refractivity contribution in [3.63, 3.8) is 0 Å². The van der Waals surface area contributed by atoms with Gasteiger partial charge in [-0.05, 0) is 97.2 Å². The Kier molecular flexibility index (Phi) is 14.6. The number of carbonyl (C=O) groups excluding carboxylic acids is 2. The number of fused-ring (bicyclic) bond motifs is 2. The second kappa shape index (κ2) is 19.3. The van der Waals surface area contributed by atoms with Crippen LogP contribution in [0.1, 0.15) is 67.3 Å². The molecular weight excluding hydrogens is 606 g/mol. The van der Waals surface area contributed by atoms with E-state index in [9.17, 15) is 9.59 Å². The van der Waals surface area contributed by atoms with Gasteiger partial charge in [-0.3, -0.25) is 0 Å². The molecule has 0 aliphatic heterocycles. The molecule has 4 aromatic rings. The summed E-state index contributed by atoms with van der Waals surface area (Å²) in [7, 11) is 6.82. The average Bonchev–Trinajstić information content (AvgIpc) is 3.11. The SMILES string of the molecule is COc1cc(/C=C/C(=O)OCCCCCCN(C)CCCCCCOC(=O)c2c3ccccc3cc3ccccc23)cc(OC)c1OC. The molecule has 4 rings (SSSR count). The lowest BCUT2D eigenvalue weighted by Crippen LogP contribution is -2.20. The van der Waals surface area contributed by atoms with Gasteiger partial charge in [0.15, 0.2) is 11.5 Å². The molecular formula is C40H49NO7. The molecule has 0 atom stereocenters. The molecule has 0 radical (unpaired) electrons. The van der Waals surface area contributed by atoms with Crippen molar-refractivity contribution >= 4 is 39.6 Å². The van der Waals surface area contributed by atoms with Gasteiger partial charge in [-0.1, -0.05) is 74.2 Å². The fraction of sp³-hybridized carbons (Fsp3) is 0.400. The number of nitrogens with zero attached hydrogens (tertiary/aromatic N) is 1. The van der Waals surface area contributed by atoms with E-state index in [4.69, 9.17) is 23.7 Å². The predicted molar refractivity (Wildman–Crippen MR) is 192 cm³/mol. The molecule has 0 saturated heterocycles. The van der Waals surface area contributed by atoms with Gasteiger partial charge < -0.3 is 28.6 Å². The third kappa shape index (κ3) is 10.5. The van der Waals surface area contributed by atoms with Gasteiger partial charge in [0, 0.05) is 6.08 Å². The van der Waals surface area contributed by atoms with Gasteiger partial charge >= 0.3 is 11.9 Å². The summed E-state index contributed by atoms with van der Waals surface area (Å²) in [6.45, 7) is 2.94. The minimum Gasteiger partial charge on any atom is -0.493 e. The predicted octanol–water partition coefficient (Wildman–Crippen LogP) is 8.48. The van der Waals surface area contributed by atoms with Crippen LogP contribution in [-0.4, -0.2) is 71.5 Å². The maximum atomic E-state index is 13.1. The van der Waals surface area contributed by atoms with Crippen LogP contribution >= 0.6 is 0 Å². The lowest BCUT2D eigenvalue weighted by atomic mass is 9.97. The van der Waals surface area contributed by atoms with E-state index >= 15 is 0 Å². The van der Waals surface area contributed by atoms with Crippen molar-refractivity contribution in [3.8, 4) is 17.2 Å². The highest BCUT2D eigenvalue weighted by atomic mass is 16.5. The number of ether oxygens (including phenoxy) is 5. The summed E-state index contributed by atoms with van der Waals surface area (Å²) in [6, 6.07) is 21.7. The Morgan fingerprint density at radius 2 is 1.17 bits per heavy atom. The van der Waals surface area contributed by atoms with Crippen LogP contribution in [0.2, 0.25) is 0 Å². The summed E-state index contributed by atoms with van der Waals surface area (Å²) in [4.78, 5) is 27.7. The van der Waals surface area contributed by atoms with E-state index in [2.05, 4.69) is 18.0 Å². The fourth-order valence-electron chi connectivity index (χ4n) is 5.84. The minimum atomic E-state index is -0.375. The van der Waals surface area contributed by atoms with Crippen LogP contribution in [0.4, 0.5) is 0 Å². The lowest BCUT2D eigenvalue weighted by molar-refractivity contribution is -0.137. The molecule has 8 nitrogen and oxygen atoms in total. The monoisotopic (exact) mass is 655 g/mol. The molecule has 0 heterocycles. The van der Waals surface area contributed by atoms with Gasteiger partial charge in [0.2, 0.25) is 5.75 Å². The summed E-state index contributed by atoms with van der Waals surface area (Å²) >= 11 is 0. The Balaban J connectivity index is 1.03. The summed E-state index contributed by atoms with van der Waals surface area (Å²) in [5.41, 5.74) is 1.41. The summed E-state index contributed by atoms with van der Waals surface area (Å²) in [6.07, 6.45) is 11.3. The molecule has 4 aromatic carbocycles. The maximum Gasteiger partial charge on any atom is 0.339 e. The van der Waals surface area contributed by atoms with E-state index in [0.29, 0.717) is 36.0 Å². The topological polar surface area (TPSA) is 83.5 Å². The molecule has 0 fully saturated rings. The van der Waals surface area contributed by atoms with Gasteiger partial charge in [-0.25, -0.2) is 9.59 Å². The van der Waals surface area contributed by atoms with E-state index in [0.717, 1.165) is 91.6 Å². The summed E-state index contributed by atoms with van der Waals surface area (Å²) in [5, 5.41) is 3.97. The first-order valence-corrected chi connectivity index (χ1v) is 16.9. The highest BCUT2D eigenvalue weighted by Gasteiger charge is 2.16. The number of unbranched alkanes of at least 4 members (excludes halogenated alkanes) is 6. The van der Waals surface area contributed by atoms with Crippen molar-refractivity contribution in [2.45, 2.75) is 51.4 Å². The Bertz CT molecular complexity index is 1590. The molecule has 256 valence electrons. The molecule has 48 heavy (non-hydrogen) atoms. The van der Waals surface area contributed by atoms with Crippen LogP contribution in [0.15, 0.2) is 72.8 Å². The van der Waals surface area contributed by atoms with Gasteiger partial charge in [-0.15, -0.1) is 0 Å². The van der Waals surface area contributed by atoms with Crippen LogP contribution in [-0.2, 0) is 14.3 Å². The third-order valence-electron chi connectivity index (χ3n) is 8.42. The van der Waals surface area contributed by atoms with Crippen molar-refractivity contribution in [1.82, 2.24) is 4.90 Å². The minimum absolute atomic E-state index is 0.245. The summed E-state index contributed by atoms with van der Waals surface area (Å²) < 4.78 is 27.1. The largest absolute Gasteiger partial charge is 0.493 e. The second-order valence-corrected chi connectivity index (χ2v) is 11.9. The standard InChI is InChI=1S/C40H49NO7/c1-41(23-13-5-7-15-25-47-37(42)22-21-30-27-35(44-2)39(46-4)36(28-30)45-3)24-14-6-8-16-26-48-40(43)38-33-19-11-9-17-31(33)29-32-18-10-12-20-34(32)38/h9-12,17-22,27-29H,5-8,13-16,23-26H2,1-4H3/b22-21+. The van der Waals surface area contributed by atoms with Crippen LogP contribution in [0.25, 0.3) is 27.6 Å². The Morgan fingerprint density at radius 3 is 1.71 bits per heavy atom. The summed E-state index contributed by atoms with van der Waals surface area (Å²) in [5.74, 6) is 0.936. The average molecular weight is 656 g/mol. The number of hydrogen-bond donors (Lipinski definition) is 0. The molecule has 0 amide bonds. The Morgan fingerprint density at radius 1 is 0.646 bits per heavy atom. The van der Waals surface area contributed by atoms with Crippen molar-refractivity contribution in [1.29, 1.82) is 0 Å². The van der Waals surface area contributed by atoms with Gasteiger partial charge in [0.25, 0.3) is 0 Å². The van der Waals surface area contributed by atoms with Crippen LogP contribution < -0.4 is 14.2 Å². The lowest BCUT2D eigenvalue weighted by Gasteiger charge is -2.16. The number of methoxy groups -OCH3 is 3. The first kappa shape index (κ1) is 36.3. The zero-order valence-electron chi connectivity index (χ0n) is 28.8. The molecule has 0 spiro atoms. The van der Waals surface area contributed by atoms with E-state index in [1.807, 2.05) is 48.5 Å². The van der Waals surface area contributed by atoms with Crippen molar-refractivity contribution in [3.05, 3.63) is 83.9 Å². The van der Waals surface area contributed by atoms with Crippen LogP contribution in [0.3, 0.4) is 0 Å². The number of benzene rings is 4. The third-order valence-corrected chi connectivity index (χ3v) is 8.42. The Hall–Kier alpha value is -4.56. The Labute approximate surface area is 284 Å². The molecule has 0 saturated carbocycles. The van der Waals surface area contributed by atoms with E-state index in [-0.39, 0.29) is 11.9 Å². The molecule has 0 N–H and O–H groups in total. The van der Waals surface area contributed by atoms with Gasteiger partial charge in [-0.2, -0.15) is 0 Å². The molecule has 0 bridgehead atoms. The number of hydrogen-bond acceptors (Lipinski definition) is 8. The molecule has 0 aliphatic carbocycles. The van der Waals surface area contributed by atoms with Crippen molar-refractivity contribution < 1.29 is 33.3 Å². The maximum absolute atomic E-state index is 13.1. The van der Waals surface area contributed by atoms with Crippen molar-refractivity contribution in [2.24, 2.45) is 0 Å². The van der Waals surface area contributed by atoms with Gasteiger partial charge in [0.1, 0.15) is 0 Å². The molecule has 0 aromatic heterocycles.